The highest BCUT2D eigenvalue weighted by Gasteiger charge is 2.39. The molecule has 8 nitrogen and oxygen atoms in total. The second kappa shape index (κ2) is 8.43. The summed E-state index contributed by atoms with van der Waals surface area (Å²) in [6.45, 7) is 1.23. The Labute approximate surface area is 193 Å². The second-order valence-electron chi connectivity index (χ2n) is 8.45. The molecule has 0 bridgehead atoms. The summed E-state index contributed by atoms with van der Waals surface area (Å²) < 4.78 is 12.8. The van der Waals surface area contributed by atoms with Gasteiger partial charge in [0.1, 0.15) is 17.7 Å². The maximum Gasteiger partial charge on any atom is 0.154 e. The zero-order valence-electron chi connectivity index (χ0n) is 17.5. The van der Waals surface area contributed by atoms with E-state index in [0.717, 1.165) is 30.4 Å². The van der Waals surface area contributed by atoms with Crippen molar-refractivity contribution in [1.82, 2.24) is 15.0 Å². The van der Waals surface area contributed by atoms with Gasteiger partial charge in [-0.15, -0.1) is 0 Å². The summed E-state index contributed by atoms with van der Waals surface area (Å²) in [6.07, 6.45) is 9.25. The Bertz CT molecular complexity index is 1150. The first-order chi connectivity index (χ1) is 15.5. The third-order valence-corrected chi connectivity index (χ3v) is 8.19. The Hall–Kier alpha value is -2.54. The molecule has 2 aromatic rings. The molecule has 1 aliphatic carbocycles. The van der Waals surface area contributed by atoms with Gasteiger partial charge in [-0.2, -0.15) is 5.26 Å². The molecule has 1 unspecified atom stereocenters. The SMILES string of the molecule is N#Cc1c(N2CC=C(c3ncc(Cl)cn3)CC2)nc(NC2(CO)CCC2)c2c1CCS2=O. The number of nitriles is 1. The molecule has 10 heteroatoms. The number of aromatic nitrogens is 3. The van der Waals surface area contributed by atoms with Gasteiger partial charge in [-0.25, -0.2) is 15.0 Å². The summed E-state index contributed by atoms with van der Waals surface area (Å²) in [5.74, 6) is 2.30. The number of hydrogen-bond acceptors (Lipinski definition) is 8. The molecule has 5 rings (SSSR count). The summed E-state index contributed by atoms with van der Waals surface area (Å²) in [5.41, 5.74) is 1.94. The fourth-order valence-electron chi connectivity index (χ4n) is 4.54. The summed E-state index contributed by atoms with van der Waals surface area (Å²) in [4.78, 5) is 16.1. The highest BCUT2D eigenvalue weighted by molar-refractivity contribution is 7.85. The Kier molecular flexibility index (Phi) is 5.61. The molecule has 0 saturated heterocycles. The van der Waals surface area contributed by atoms with Crippen molar-refractivity contribution in [3.8, 4) is 6.07 Å². The van der Waals surface area contributed by atoms with Gasteiger partial charge in [0.15, 0.2) is 5.82 Å². The predicted octanol–water partition coefficient (Wildman–Crippen LogP) is 2.68. The number of aliphatic hydroxyl groups excluding tert-OH is 1. The normalized spacial score (nSPS) is 21.3. The molecular formula is C22H23ClN6O2S. The van der Waals surface area contributed by atoms with Crippen molar-refractivity contribution < 1.29 is 9.32 Å². The zero-order valence-corrected chi connectivity index (χ0v) is 19.0. The van der Waals surface area contributed by atoms with Crippen molar-refractivity contribution in [2.24, 2.45) is 0 Å². The Balaban J connectivity index is 1.50. The minimum Gasteiger partial charge on any atom is -0.394 e. The van der Waals surface area contributed by atoms with Crippen molar-refractivity contribution in [1.29, 1.82) is 5.26 Å². The van der Waals surface area contributed by atoms with Crippen LogP contribution in [0.1, 0.15) is 42.6 Å². The van der Waals surface area contributed by atoms with Gasteiger partial charge < -0.3 is 15.3 Å². The Morgan fingerprint density at radius 3 is 2.69 bits per heavy atom. The zero-order chi connectivity index (χ0) is 22.3. The van der Waals surface area contributed by atoms with E-state index in [-0.39, 0.29) is 6.61 Å². The standard InChI is InChI=1S/C22H23ClN6O2S/c23-15-11-25-19(26-12-15)14-2-7-29(8-3-14)21-17(10-24)16-4-9-32(31)18(16)20(27-21)28-22(13-30)5-1-6-22/h2,11-12,30H,1,3-9,13H2,(H,27,28). The van der Waals surface area contributed by atoms with Crippen LogP contribution in [0.2, 0.25) is 5.02 Å². The first-order valence-electron chi connectivity index (χ1n) is 10.7. The number of nitrogens with one attached hydrogen (secondary N) is 1. The molecule has 2 N–H and O–H groups in total. The van der Waals surface area contributed by atoms with Crippen molar-refractivity contribution in [3.63, 3.8) is 0 Å². The number of anilines is 2. The van der Waals surface area contributed by atoms with Crippen LogP contribution in [0, 0.1) is 11.3 Å². The second-order valence-corrected chi connectivity index (χ2v) is 10.4. The van der Waals surface area contributed by atoms with Crippen LogP contribution in [-0.2, 0) is 17.2 Å². The summed E-state index contributed by atoms with van der Waals surface area (Å²) >= 11 is 5.89. The van der Waals surface area contributed by atoms with Gasteiger partial charge in [0, 0.05) is 31.2 Å². The molecule has 0 spiro atoms. The molecule has 0 radical (unpaired) electrons. The molecular weight excluding hydrogens is 448 g/mol. The van der Waals surface area contributed by atoms with E-state index in [4.69, 9.17) is 16.6 Å². The molecule has 2 aliphatic heterocycles. The summed E-state index contributed by atoms with van der Waals surface area (Å²) in [6, 6.07) is 2.32. The van der Waals surface area contributed by atoms with Crippen LogP contribution in [0.5, 0.6) is 0 Å². The lowest BCUT2D eigenvalue weighted by Crippen LogP contribution is -2.48. The van der Waals surface area contributed by atoms with Gasteiger partial charge in [-0.3, -0.25) is 4.21 Å². The average Bonchev–Trinajstić information content (AvgIpc) is 3.18. The van der Waals surface area contributed by atoms with E-state index in [1.807, 2.05) is 0 Å². The summed E-state index contributed by atoms with van der Waals surface area (Å²) in [7, 11) is -1.20. The monoisotopic (exact) mass is 470 g/mol. The lowest BCUT2D eigenvalue weighted by Gasteiger charge is -2.42. The lowest BCUT2D eigenvalue weighted by molar-refractivity contribution is 0.143. The van der Waals surface area contributed by atoms with Crippen molar-refractivity contribution in [2.75, 3.05) is 35.7 Å². The van der Waals surface area contributed by atoms with Gasteiger partial charge in [0.25, 0.3) is 0 Å². The van der Waals surface area contributed by atoms with Crippen molar-refractivity contribution >= 4 is 39.6 Å². The van der Waals surface area contributed by atoms with Crippen LogP contribution < -0.4 is 10.2 Å². The van der Waals surface area contributed by atoms with Gasteiger partial charge in [0.05, 0.1) is 38.4 Å². The topological polar surface area (TPSA) is 115 Å². The van der Waals surface area contributed by atoms with E-state index in [9.17, 15) is 14.6 Å². The van der Waals surface area contributed by atoms with Crippen LogP contribution in [0.15, 0.2) is 23.4 Å². The molecule has 0 aromatic carbocycles. The van der Waals surface area contributed by atoms with Gasteiger partial charge in [-0.05, 0) is 43.2 Å². The van der Waals surface area contributed by atoms with Gasteiger partial charge in [0.2, 0.25) is 0 Å². The Morgan fingerprint density at radius 2 is 2.09 bits per heavy atom. The Morgan fingerprint density at radius 1 is 1.31 bits per heavy atom. The predicted molar refractivity (Wildman–Crippen MR) is 123 cm³/mol. The van der Waals surface area contributed by atoms with E-state index >= 15 is 0 Å². The van der Waals surface area contributed by atoms with E-state index in [0.29, 0.717) is 64.6 Å². The average molecular weight is 471 g/mol. The fourth-order valence-corrected chi connectivity index (χ4v) is 6.02. The largest absolute Gasteiger partial charge is 0.394 e. The molecule has 1 atom stereocenters. The molecule has 32 heavy (non-hydrogen) atoms. The molecule has 0 amide bonds. The van der Waals surface area contributed by atoms with E-state index < -0.39 is 16.3 Å². The quantitative estimate of drug-likeness (QED) is 0.685. The van der Waals surface area contributed by atoms with Crippen LogP contribution in [-0.4, -0.2) is 55.3 Å². The van der Waals surface area contributed by atoms with Crippen LogP contribution in [0.4, 0.5) is 11.6 Å². The molecule has 4 heterocycles. The fraction of sp³-hybridized carbons (Fsp3) is 0.455. The molecule has 166 valence electrons. The van der Waals surface area contributed by atoms with E-state index in [2.05, 4.69) is 32.3 Å². The maximum atomic E-state index is 12.8. The number of rotatable bonds is 5. The molecule has 2 aromatic heterocycles. The molecule has 1 saturated carbocycles. The number of halogens is 1. The minimum absolute atomic E-state index is 0.00231. The number of pyridine rings is 1. The minimum atomic E-state index is -1.20. The maximum absolute atomic E-state index is 12.8. The third-order valence-electron chi connectivity index (χ3n) is 6.52. The third kappa shape index (κ3) is 3.66. The van der Waals surface area contributed by atoms with Crippen molar-refractivity contribution in [3.05, 3.63) is 40.4 Å². The molecule has 1 fully saturated rings. The van der Waals surface area contributed by atoms with E-state index in [1.165, 1.54) is 0 Å². The summed E-state index contributed by atoms with van der Waals surface area (Å²) in [5, 5.41) is 23.8. The first kappa shape index (κ1) is 21.3. The first-order valence-corrected chi connectivity index (χ1v) is 12.4. The highest BCUT2D eigenvalue weighted by Crippen LogP contribution is 2.41. The van der Waals surface area contributed by atoms with Gasteiger partial charge in [-0.1, -0.05) is 17.7 Å². The number of hydrogen-bond donors (Lipinski definition) is 2. The van der Waals surface area contributed by atoms with Crippen LogP contribution >= 0.6 is 11.6 Å². The number of fused-ring (bicyclic) bond motifs is 1. The lowest BCUT2D eigenvalue weighted by atomic mass is 9.77. The van der Waals surface area contributed by atoms with Crippen LogP contribution in [0.25, 0.3) is 5.57 Å². The number of nitrogens with zero attached hydrogens (tertiary/aromatic N) is 5. The number of aliphatic hydroxyl groups is 1. The van der Waals surface area contributed by atoms with Gasteiger partial charge >= 0.3 is 0 Å². The highest BCUT2D eigenvalue weighted by atomic mass is 35.5. The van der Waals surface area contributed by atoms with E-state index in [1.54, 1.807) is 12.4 Å². The smallest absolute Gasteiger partial charge is 0.154 e. The molecule has 3 aliphatic rings. The van der Waals surface area contributed by atoms with Crippen LogP contribution in [0.3, 0.4) is 0 Å². The van der Waals surface area contributed by atoms with Crippen molar-refractivity contribution in [2.45, 2.75) is 42.5 Å².